The Morgan fingerprint density at radius 3 is 2.82 bits per heavy atom. The summed E-state index contributed by atoms with van der Waals surface area (Å²) in [7, 11) is 1.61. The zero-order chi connectivity index (χ0) is 8.69. The van der Waals surface area contributed by atoms with Crippen molar-refractivity contribution in [3.8, 4) is 0 Å². The molecule has 11 heavy (non-hydrogen) atoms. The van der Waals surface area contributed by atoms with Gasteiger partial charge in [0.1, 0.15) is 0 Å². The fourth-order valence-corrected chi connectivity index (χ4v) is 0.635. The number of urea groups is 1. The molecular weight excluding hydrogens is 168 g/mol. The van der Waals surface area contributed by atoms with E-state index in [0.717, 1.165) is 0 Å². The molecular formula is C6H13ClN2O2. The first-order valence-electron chi connectivity index (χ1n) is 3.38. The van der Waals surface area contributed by atoms with Gasteiger partial charge in [0.2, 0.25) is 0 Å². The largest absolute Gasteiger partial charge is 0.395 e. The van der Waals surface area contributed by atoms with E-state index in [1.807, 2.05) is 0 Å². The van der Waals surface area contributed by atoms with Crippen LogP contribution in [0.25, 0.3) is 0 Å². The average Bonchev–Trinajstić information content (AvgIpc) is 2.00. The van der Waals surface area contributed by atoms with Crippen LogP contribution >= 0.6 is 11.6 Å². The summed E-state index contributed by atoms with van der Waals surface area (Å²) in [6, 6.07) is -0.209. The molecule has 0 spiro atoms. The van der Waals surface area contributed by atoms with Crippen LogP contribution < -0.4 is 5.32 Å². The maximum atomic E-state index is 10.9. The van der Waals surface area contributed by atoms with Crippen molar-refractivity contribution >= 4 is 17.6 Å². The summed E-state index contributed by atoms with van der Waals surface area (Å²) in [6.07, 6.45) is 0. The number of nitrogens with one attached hydrogen (secondary N) is 1. The number of alkyl halides is 1. The second kappa shape index (κ2) is 6.24. The number of nitrogens with zero attached hydrogens (tertiary/aromatic N) is 1. The average molecular weight is 181 g/mol. The second-order valence-corrected chi connectivity index (χ2v) is 2.44. The van der Waals surface area contributed by atoms with E-state index >= 15 is 0 Å². The SMILES string of the molecule is CN(CCO)C(=O)NCCCl. The van der Waals surface area contributed by atoms with Crippen LogP contribution in [-0.2, 0) is 0 Å². The molecule has 0 rings (SSSR count). The number of carbonyl (C=O) groups is 1. The van der Waals surface area contributed by atoms with Gasteiger partial charge in [-0.25, -0.2) is 4.79 Å². The second-order valence-electron chi connectivity index (χ2n) is 2.07. The van der Waals surface area contributed by atoms with Crippen molar-refractivity contribution < 1.29 is 9.90 Å². The van der Waals surface area contributed by atoms with Crippen molar-refractivity contribution in [2.45, 2.75) is 0 Å². The highest BCUT2D eigenvalue weighted by Gasteiger charge is 2.04. The molecule has 0 aromatic carbocycles. The van der Waals surface area contributed by atoms with Gasteiger partial charge >= 0.3 is 6.03 Å². The number of rotatable bonds is 4. The van der Waals surface area contributed by atoms with Crippen molar-refractivity contribution in [3.63, 3.8) is 0 Å². The third-order valence-electron chi connectivity index (χ3n) is 1.15. The summed E-state index contributed by atoms with van der Waals surface area (Å²) >= 11 is 5.34. The number of hydrogen-bond acceptors (Lipinski definition) is 2. The summed E-state index contributed by atoms with van der Waals surface area (Å²) in [4.78, 5) is 12.3. The number of carbonyl (C=O) groups excluding carboxylic acids is 1. The Labute approximate surface area is 71.1 Å². The van der Waals surface area contributed by atoms with E-state index in [2.05, 4.69) is 5.32 Å². The van der Waals surface area contributed by atoms with Crippen molar-refractivity contribution in [1.82, 2.24) is 10.2 Å². The van der Waals surface area contributed by atoms with E-state index < -0.39 is 0 Å². The number of aliphatic hydroxyl groups is 1. The molecule has 0 aliphatic rings. The van der Waals surface area contributed by atoms with Crippen LogP contribution in [0, 0.1) is 0 Å². The van der Waals surface area contributed by atoms with Crippen molar-refractivity contribution in [1.29, 1.82) is 0 Å². The molecule has 66 valence electrons. The molecule has 0 aliphatic carbocycles. The fraction of sp³-hybridized carbons (Fsp3) is 0.833. The Morgan fingerprint density at radius 1 is 1.73 bits per heavy atom. The molecule has 0 aromatic rings. The van der Waals surface area contributed by atoms with Gasteiger partial charge in [0, 0.05) is 26.0 Å². The molecule has 0 saturated carbocycles. The Balaban J connectivity index is 3.47. The molecule has 0 bridgehead atoms. The zero-order valence-electron chi connectivity index (χ0n) is 6.51. The highest BCUT2D eigenvalue weighted by molar-refractivity contribution is 6.18. The molecule has 2 N–H and O–H groups in total. The minimum atomic E-state index is -0.209. The van der Waals surface area contributed by atoms with E-state index in [1.54, 1.807) is 7.05 Å². The fourth-order valence-electron chi connectivity index (χ4n) is 0.541. The van der Waals surface area contributed by atoms with Crippen LogP contribution in [0.15, 0.2) is 0 Å². The van der Waals surface area contributed by atoms with Crippen molar-refractivity contribution in [2.24, 2.45) is 0 Å². The van der Waals surface area contributed by atoms with Gasteiger partial charge in [-0.2, -0.15) is 0 Å². The first-order chi connectivity index (χ1) is 5.22. The van der Waals surface area contributed by atoms with Gasteiger partial charge in [-0.3, -0.25) is 0 Å². The Morgan fingerprint density at radius 2 is 2.36 bits per heavy atom. The Bertz CT molecular complexity index is 121. The highest BCUT2D eigenvalue weighted by Crippen LogP contribution is 1.82. The summed E-state index contributed by atoms with van der Waals surface area (Å²) < 4.78 is 0. The normalized spacial score (nSPS) is 9.36. The molecule has 4 nitrogen and oxygen atoms in total. The van der Waals surface area contributed by atoms with Gasteiger partial charge in [-0.05, 0) is 0 Å². The monoisotopic (exact) mass is 180 g/mol. The van der Waals surface area contributed by atoms with E-state index in [4.69, 9.17) is 16.7 Å². The van der Waals surface area contributed by atoms with E-state index in [1.165, 1.54) is 4.90 Å². The van der Waals surface area contributed by atoms with Gasteiger partial charge in [-0.15, -0.1) is 11.6 Å². The van der Waals surface area contributed by atoms with Gasteiger partial charge in [-0.1, -0.05) is 0 Å². The first kappa shape index (κ1) is 10.5. The lowest BCUT2D eigenvalue weighted by molar-refractivity contribution is 0.191. The summed E-state index contributed by atoms with van der Waals surface area (Å²) in [5.41, 5.74) is 0. The van der Waals surface area contributed by atoms with Crippen LogP contribution in [-0.4, -0.2) is 48.7 Å². The van der Waals surface area contributed by atoms with Crippen molar-refractivity contribution in [2.75, 3.05) is 32.6 Å². The first-order valence-corrected chi connectivity index (χ1v) is 3.91. The molecule has 0 heterocycles. The Hall–Kier alpha value is -0.480. The zero-order valence-corrected chi connectivity index (χ0v) is 7.26. The lowest BCUT2D eigenvalue weighted by atomic mass is 10.6. The number of aliphatic hydroxyl groups excluding tert-OH is 1. The number of halogens is 1. The molecule has 0 radical (unpaired) electrons. The van der Waals surface area contributed by atoms with Crippen LogP contribution in [0.1, 0.15) is 0 Å². The predicted molar refractivity (Wildman–Crippen MR) is 43.8 cm³/mol. The molecule has 0 aliphatic heterocycles. The van der Waals surface area contributed by atoms with Gasteiger partial charge in [0.15, 0.2) is 0 Å². The number of likely N-dealkylation sites (N-methyl/N-ethyl adjacent to an activating group) is 1. The van der Waals surface area contributed by atoms with Gasteiger partial charge in [0.05, 0.1) is 6.61 Å². The molecule has 0 unspecified atom stereocenters. The maximum Gasteiger partial charge on any atom is 0.317 e. The topological polar surface area (TPSA) is 52.6 Å². The van der Waals surface area contributed by atoms with Gasteiger partial charge < -0.3 is 15.3 Å². The summed E-state index contributed by atoms with van der Waals surface area (Å²) in [5.74, 6) is 0.401. The van der Waals surface area contributed by atoms with Crippen LogP contribution in [0.4, 0.5) is 4.79 Å². The lowest BCUT2D eigenvalue weighted by Crippen LogP contribution is -2.39. The lowest BCUT2D eigenvalue weighted by Gasteiger charge is -2.15. The third-order valence-corrected chi connectivity index (χ3v) is 1.34. The summed E-state index contributed by atoms with van der Waals surface area (Å²) in [5, 5.41) is 11.0. The molecule has 0 atom stereocenters. The van der Waals surface area contributed by atoms with E-state index in [0.29, 0.717) is 19.0 Å². The minimum absolute atomic E-state index is 0.0230. The number of amides is 2. The molecule has 2 amide bonds. The molecule has 0 aromatic heterocycles. The molecule has 5 heteroatoms. The number of hydrogen-bond donors (Lipinski definition) is 2. The standard InChI is InChI=1S/C6H13ClN2O2/c1-9(4-5-10)6(11)8-3-2-7/h10H,2-5H2,1H3,(H,8,11). The highest BCUT2D eigenvalue weighted by atomic mass is 35.5. The minimum Gasteiger partial charge on any atom is -0.395 e. The summed E-state index contributed by atoms with van der Waals surface area (Å²) in [6.45, 7) is 0.773. The quantitative estimate of drug-likeness (QED) is 0.592. The van der Waals surface area contributed by atoms with Crippen LogP contribution in [0.3, 0.4) is 0 Å². The maximum absolute atomic E-state index is 10.9. The smallest absolute Gasteiger partial charge is 0.317 e. The molecule has 0 fully saturated rings. The Kier molecular flexibility index (Phi) is 5.97. The van der Waals surface area contributed by atoms with Crippen LogP contribution in [0.2, 0.25) is 0 Å². The van der Waals surface area contributed by atoms with Crippen LogP contribution in [0.5, 0.6) is 0 Å². The third kappa shape index (κ3) is 4.86. The van der Waals surface area contributed by atoms with E-state index in [-0.39, 0.29) is 12.6 Å². The predicted octanol–water partition coefficient (Wildman–Crippen LogP) is -0.141. The van der Waals surface area contributed by atoms with Crippen molar-refractivity contribution in [3.05, 3.63) is 0 Å². The van der Waals surface area contributed by atoms with Gasteiger partial charge in [0.25, 0.3) is 0 Å². The molecule has 0 saturated heterocycles. The van der Waals surface area contributed by atoms with E-state index in [9.17, 15) is 4.79 Å².